The summed E-state index contributed by atoms with van der Waals surface area (Å²) < 4.78 is 60.2. The molecule has 2 fully saturated rings. The van der Waals surface area contributed by atoms with Gasteiger partial charge in [0, 0.05) is 37.1 Å². The number of imide groups is 1. The number of nitrogens with one attached hydrogen (secondary N) is 3. The van der Waals surface area contributed by atoms with Crippen LogP contribution in [-0.2, 0) is 36.1 Å². The zero-order valence-electron chi connectivity index (χ0n) is 22.2. The van der Waals surface area contributed by atoms with Gasteiger partial charge in [-0.25, -0.2) is 9.18 Å². The lowest BCUT2D eigenvalue weighted by Gasteiger charge is -2.32. The maximum absolute atomic E-state index is 13.8. The third kappa shape index (κ3) is 5.52. The van der Waals surface area contributed by atoms with Crippen LogP contribution in [0.25, 0.3) is 0 Å². The lowest BCUT2D eigenvalue weighted by atomic mass is 9.94. The Bertz CT molecular complexity index is 1460. The number of ether oxygens (including phenoxy) is 1. The van der Waals surface area contributed by atoms with Gasteiger partial charge in [-0.15, -0.1) is 0 Å². The molecule has 1 aliphatic carbocycles. The van der Waals surface area contributed by atoms with Crippen LogP contribution >= 0.6 is 0 Å². The van der Waals surface area contributed by atoms with Crippen LogP contribution in [0.2, 0.25) is 0 Å². The molecule has 0 bridgehead atoms. The van der Waals surface area contributed by atoms with Crippen molar-refractivity contribution in [3.05, 3.63) is 65.0 Å². The van der Waals surface area contributed by atoms with Crippen molar-refractivity contribution in [2.24, 2.45) is 0 Å². The number of fused-ring (bicyclic) bond motifs is 2. The topological polar surface area (TPSA) is 134 Å². The van der Waals surface area contributed by atoms with Crippen molar-refractivity contribution >= 4 is 35.4 Å². The molecule has 222 valence electrons. The van der Waals surface area contributed by atoms with Crippen molar-refractivity contribution in [1.29, 1.82) is 0 Å². The summed E-state index contributed by atoms with van der Waals surface area (Å²) in [6, 6.07) is 6.17. The summed E-state index contributed by atoms with van der Waals surface area (Å²) in [6.45, 7) is 0.385. The molecule has 5 amide bonds. The number of hydrogen-bond acceptors (Lipinski definition) is 6. The number of alkyl carbamates (subject to hydrolysis) is 1. The molecule has 5 rings (SSSR count). The second-order valence-corrected chi connectivity index (χ2v) is 10.6. The molecule has 4 atom stereocenters. The van der Waals surface area contributed by atoms with E-state index >= 15 is 0 Å². The Morgan fingerprint density at radius 3 is 2.45 bits per heavy atom. The lowest BCUT2D eigenvalue weighted by Crippen LogP contribution is -2.46. The maximum Gasteiger partial charge on any atom is 0.415 e. The first-order valence-electron chi connectivity index (χ1n) is 13.2. The van der Waals surface area contributed by atoms with E-state index in [9.17, 15) is 41.5 Å². The fourth-order valence-electron chi connectivity index (χ4n) is 5.60. The zero-order valence-corrected chi connectivity index (χ0v) is 22.2. The molecule has 42 heavy (non-hydrogen) atoms. The fraction of sp³-hybridized carbons (Fsp3) is 0.393. The predicted molar refractivity (Wildman–Crippen MR) is 137 cm³/mol. The van der Waals surface area contributed by atoms with Crippen molar-refractivity contribution in [2.75, 3.05) is 5.32 Å². The van der Waals surface area contributed by atoms with E-state index in [1.165, 1.54) is 30.3 Å². The van der Waals surface area contributed by atoms with E-state index in [4.69, 9.17) is 4.74 Å². The molecule has 10 nitrogen and oxygen atoms in total. The molecule has 0 saturated carbocycles. The van der Waals surface area contributed by atoms with Crippen molar-refractivity contribution in [1.82, 2.24) is 15.5 Å². The highest BCUT2D eigenvalue weighted by atomic mass is 19.4. The highest BCUT2D eigenvalue weighted by Gasteiger charge is 2.57. The van der Waals surface area contributed by atoms with Crippen LogP contribution in [0.3, 0.4) is 0 Å². The summed E-state index contributed by atoms with van der Waals surface area (Å²) in [5, 5.41) is 7.28. The van der Waals surface area contributed by atoms with Gasteiger partial charge in [0.25, 0.3) is 5.91 Å². The quantitative estimate of drug-likeness (QED) is 0.424. The molecule has 0 aromatic heterocycles. The molecular weight excluding hydrogens is 564 g/mol. The molecule has 1 unspecified atom stereocenters. The number of alkyl halides is 3. The first-order chi connectivity index (χ1) is 19.8. The van der Waals surface area contributed by atoms with Gasteiger partial charge in [0.15, 0.2) is 0 Å². The van der Waals surface area contributed by atoms with Gasteiger partial charge < -0.3 is 20.3 Å². The normalized spacial score (nSPS) is 23.7. The van der Waals surface area contributed by atoms with Gasteiger partial charge in [-0.05, 0) is 54.7 Å². The van der Waals surface area contributed by atoms with Crippen molar-refractivity contribution in [3.63, 3.8) is 0 Å². The van der Waals surface area contributed by atoms with Crippen LogP contribution in [0.5, 0.6) is 0 Å². The Kier molecular flexibility index (Phi) is 7.41. The third-order valence-electron chi connectivity index (χ3n) is 7.84. The monoisotopic (exact) mass is 590 g/mol. The van der Waals surface area contributed by atoms with Crippen LogP contribution in [0, 0.1) is 5.82 Å². The molecule has 3 N–H and O–H groups in total. The first kappa shape index (κ1) is 29.0. The summed E-state index contributed by atoms with van der Waals surface area (Å²) in [5.74, 6) is -3.89. The Balaban J connectivity index is 1.45. The van der Waals surface area contributed by atoms with E-state index in [0.717, 1.165) is 19.1 Å². The van der Waals surface area contributed by atoms with Gasteiger partial charge in [-0.2, -0.15) is 13.2 Å². The minimum absolute atomic E-state index is 0.195. The van der Waals surface area contributed by atoms with E-state index in [2.05, 4.69) is 16.0 Å². The molecule has 1 spiro atoms. The number of nitrogens with zero attached hydrogens (tertiary/aromatic N) is 1. The summed E-state index contributed by atoms with van der Waals surface area (Å²) in [7, 11) is 0. The van der Waals surface area contributed by atoms with Crippen molar-refractivity contribution in [2.45, 2.75) is 68.9 Å². The smallest absolute Gasteiger partial charge is 0.415 e. The highest BCUT2D eigenvalue weighted by Crippen LogP contribution is 2.51. The Morgan fingerprint density at radius 1 is 1.14 bits per heavy atom. The molecule has 2 aromatic carbocycles. The van der Waals surface area contributed by atoms with Gasteiger partial charge in [0.05, 0.1) is 0 Å². The van der Waals surface area contributed by atoms with E-state index in [0.29, 0.717) is 16.9 Å². The largest absolute Gasteiger partial charge is 0.427 e. The van der Waals surface area contributed by atoms with E-state index in [1.54, 1.807) is 0 Å². The number of benzene rings is 2. The minimum atomic E-state index is -4.77. The van der Waals surface area contributed by atoms with Gasteiger partial charge in [0.2, 0.25) is 23.3 Å². The number of carbonyl (C=O) groups excluding carboxylic acids is 5. The molecule has 2 aliphatic heterocycles. The minimum Gasteiger partial charge on any atom is -0.427 e. The van der Waals surface area contributed by atoms with Crippen LogP contribution in [0.4, 0.5) is 28.0 Å². The number of amides is 5. The molecule has 14 heteroatoms. The standard InChI is InChI=1S/C28H26F4N4O6/c1-14(28(30,31)32)36(13-15-2-4-17(29)5-3-15)23(38)10-16-12-27(25(40)35-26(41)42-27)20-7-6-18(11-19(16)20)33-24(39)21-8-9-22(37)34-21/h2-7,11,14,16,21H,8-10,12-13H2,1H3,(H,33,39)(H,34,37)(H,35,40,41)/t14-,16?,21+,27+/m0/s1. The van der Waals surface area contributed by atoms with E-state index in [1.807, 2.05) is 0 Å². The van der Waals surface area contributed by atoms with Gasteiger partial charge in [-0.3, -0.25) is 24.5 Å². The van der Waals surface area contributed by atoms with Gasteiger partial charge in [0.1, 0.15) is 17.9 Å². The lowest BCUT2D eigenvalue weighted by molar-refractivity contribution is -0.187. The zero-order chi connectivity index (χ0) is 30.4. The van der Waals surface area contributed by atoms with Crippen LogP contribution in [-0.4, -0.2) is 52.9 Å². The number of carbonyl (C=O) groups is 5. The third-order valence-corrected chi connectivity index (χ3v) is 7.84. The van der Waals surface area contributed by atoms with Crippen LogP contribution in [0.15, 0.2) is 42.5 Å². The second-order valence-electron chi connectivity index (χ2n) is 10.6. The number of anilines is 1. The van der Waals surface area contributed by atoms with Gasteiger partial charge >= 0.3 is 12.3 Å². The number of hydrogen-bond donors (Lipinski definition) is 3. The molecule has 2 saturated heterocycles. The number of rotatable bonds is 7. The SMILES string of the molecule is C[C@H](N(Cc1ccc(F)cc1)C(=O)CC1C[C@@]2(OC(=O)NC2=O)c2ccc(NC(=O)[C@H]3CCC(=O)N3)cc21)C(F)(F)F. The molecule has 2 heterocycles. The second kappa shape index (κ2) is 10.7. The Labute approximate surface area is 236 Å². The number of halogens is 4. The Morgan fingerprint density at radius 2 is 1.86 bits per heavy atom. The van der Waals surface area contributed by atoms with Crippen LogP contribution < -0.4 is 16.0 Å². The van der Waals surface area contributed by atoms with Crippen molar-refractivity contribution < 1.29 is 46.3 Å². The molecule has 3 aliphatic rings. The summed E-state index contributed by atoms with van der Waals surface area (Å²) in [4.78, 5) is 63.2. The summed E-state index contributed by atoms with van der Waals surface area (Å²) in [6.07, 6.45) is -5.98. The van der Waals surface area contributed by atoms with Crippen molar-refractivity contribution in [3.8, 4) is 0 Å². The van der Waals surface area contributed by atoms with E-state index in [-0.39, 0.29) is 35.6 Å². The summed E-state index contributed by atoms with van der Waals surface area (Å²) >= 11 is 0. The van der Waals surface area contributed by atoms with Gasteiger partial charge in [-0.1, -0.05) is 18.2 Å². The van der Waals surface area contributed by atoms with Crippen LogP contribution in [0.1, 0.15) is 55.2 Å². The molecule has 0 radical (unpaired) electrons. The summed E-state index contributed by atoms with van der Waals surface area (Å²) in [5.41, 5.74) is -0.688. The Hall–Kier alpha value is -4.49. The highest BCUT2D eigenvalue weighted by molar-refractivity contribution is 6.04. The average molecular weight is 591 g/mol. The van der Waals surface area contributed by atoms with E-state index < -0.39 is 72.4 Å². The average Bonchev–Trinajstić information content (AvgIpc) is 3.57. The predicted octanol–water partition coefficient (Wildman–Crippen LogP) is 3.36. The molecule has 2 aromatic rings. The molecular formula is C28H26F4N4O6. The first-order valence-corrected chi connectivity index (χ1v) is 13.2. The fourth-order valence-corrected chi connectivity index (χ4v) is 5.60. The maximum atomic E-state index is 13.8.